The number of aromatic nitrogens is 5. The number of fused-ring (bicyclic) bond motifs is 2. The van der Waals surface area contributed by atoms with Gasteiger partial charge in [0.2, 0.25) is 0 Å². The summed E-state index contributed by atoms with van der Waals surface area (Å²) in [5.41, 5.74) is 11.3. The molecule has 3 N–H and O–H groups in total. The average molecular weight is 377 g/mol. The molecule has 27 heavy (non-hydrogen) atoms. The molecule has 0 saturated heterocycles. The molecule has 1 aliphatic carbocycles. The standard InChI is InChI=1S/C20H17ClN6/c21-15-8-7-14(10-23-15)17-16-18(22)24-19(25-20(16)27-26-17)13-6-5-11-3-1-2-4-12(11)9-13/h1-4,7-8,10,13H,5-6,9H2,(H3,22,24,25,26,27). The molecule has 7 heteroatoms. The second-order valence-corrected chi connectivity index (χ2v) is 7.23. The molecule has 0 radical (unpaired) electrons. The monoisotopic (exact) mass is 376 g/mol. The number of aromatic amines is 1. The first-order chi connectivity index (χ1) is 13.2. The van der Waals surface area contributed by atoms with Crippen LogP contribution in [-0.2, 0) is 12.8 Å². The van der Waals surface area contributed by atoms with Gasteiger partial charge in [0.25, 0.3) is 0 Å². The van der Waals surface area contributed by atoms with E-state index in [-0.39, 0.29) is 5.92 Å². The predicted molar refractivity (Wildman–Crippen MR) is 106 cm³/mol. The van der Waals surface area contributed by atoms with Crippen LogP contribution in [0.2, 0.25) is 5.15 Å². The number of nitrogens with zero attached hydrogens (tertiary/aromatic N) is 4. The number of rotatable bonds is 2. The Morgan fingerprint density at radius 1 is 1.07 bits per heavy atom. The second kappa shape index (κ2) is 6.32. The zero-order valence-electron chi connectivity index (χ0n) is 14.5. The van der Waals surface area contributed by atoms with E-state index in [1.54, 1.807) is 12.3 Å². The zero-order chi connectivity index (χ0) is 18.4. The van der Waals surface area contributed by atoms with E-state index < -0.39 is 0 Å². The quantitative estimate of drug-likeness (QED) is 0.517. The fourth-order valence-corrected chi connectivity index (χ4v) is 3.91. The van der Waals surface area contributed by atoms with Gasteiger partial charge in [-0.25, -0.2) is 15.0 Å². The van der Waals surface area contributed by atoms with Crippen LogP contribution in [0.3, 0.4) is 0 Å². The summed E-state index contributed by atoms with van der Waals surface area (Å²) >= 11 is 5.88. The van der Waals surface area contributed by atoms with Crippen LogP contribution in [-0.4, -0.2) is 25.1 Å². The van der Waals surface area contributed by atoms with Gasteiger partial charge in [0.1, 0.15) is 16.8 Å². The van der Waals surface area contributed by atoms with Crippen LogP contribution < -0.4 is 5.73 Å². The molecular formula is C20H17ClN6. The third-order valence-corrected chi connectivity index (χ3v) is 5.41. The van der Waals surface area contributed by atoms with Crippen molar-refractivity contribution in [2.75, 3.05) is 5.73 Å². The smallest absolute Gasteiger partial charge is 0.187 e. The molecule has 0 fully saturated rings. The Balaban J connectivity index is 1.54. The van der Waals surface area contributed by atoms with Crippen molar-refractivity contribution in [3.63, 3.8) is 0 Å². The number of aryl methyl sites for hydroxylation is 1. The van der Waals surface area contributed by atoms with Crippen LogP contribution in [0.15, 0.2) is 42.6 Å². The summed E-state index contributed by atoms with van der Waals surface area (Å²) in [4.78, 5) is 13.5. The zero-order valence-corrected chi connectivity index (χ0v) is 15.2. The van der Waals surface area contributed by atoms with Crippen molar-refractivity contribution < 1.29 is 0 Å². The van der Waals surface area contributed by atoms with Gasteiger partial charge in [0, 0.05) is 17.7 Å². The minimum Gasteiger partial charge on any atom is -0.383 e. The molecule has 1 unspecified atom stereocenters. The number of anilines is 1. The molecular weight excluding hydrogens is 360 g/mol. The first-order valence-corrected chi connectivity index (χ1v) is 9.27. The molecule has 3 aromatic heterocycles. The summed E-state index contributed by atoms with van der Waals surface area (Å²) in [6, 6.07) is 12.2. The molecule has 0 spiro atoms. The van der Waals surface area contributed by atoms with Gasteiger partial charge >= 0.3 is 0 Å². The minimum atomic E-state index is 0.254. The maximum Gasteiger partial charge on any atom is 0.187 e. The maximum absolute atomic E-state index is 6.31. The second-order valence-electron chi connectivity index (χ2n) is 6.84. The van der Waals surface area contributed by atoms with Crippen molar-refractivity contribution >= 4 is 28.5 Å². The van der Waals surface area contributed by atoms with Crippen LogP contribution in [0.25, 0.3) is 22.3 Å². The molecule has 1 aromatic carbocycles. The summed E-state index contributed by atoms with van der Waals surface area (Å²) in [7, 11) is 0. The number of benzene rings is 1. The highest BCUT2D eigenvalue weighted by Gasteiger charge is 2.24. The van der Waals surface area contributed by atoms with Crippen molar-refractivity contribution in [2.24, 2.45) is 0 Å². The highest BCUT2D eigenvalue weighted by molar-refractivity contribution is 6.29. The number of hydrogen-bond acceptors (Lipinski definition) is 5. The fraction of sp³-hybridized carbons (Fsp3) is 0.200. The Hall–Kier alpha value is -2.99. The Bertz CT molecular complexity index is 1140. The van der Waals surface area contributed by atoms with Crippen LogP contribution in [0.4, 0.5) is 5.82 Å². The van der Waals surface area contributed by atoms with E-state index >= 15 is 0 Å². The molecule has 0 aliphatic heterocycles. The van der Waals surface area contributed by atoms with Gasteiger partial charge in [-0.15, -0.1) is 0 Å². The Morgan fingerprint density at radius 3 is 2.74 bits per heavy atom. The number of nitrogens with two attached hydrogens (primary N) is 1. The van der Waals surface area contributed by atoms with E-state index in [1.165, 1.54) is 11.1 Å². The number of halogens is 1. The SMILES string of the molecule is Nc1nc(C2CCc3ccccc3C2)nc2n[nH]c(-c3ccc(Cl)nc3)c12. The molecule has 0 saturated carbocycles. The summed E-state index contributed by atoms with van der Waals surface area (Å²) in [5.74, 6) is 1.46. The first kappa shape index (κ1) is 16.2. The topological polar surface area (TPSA) is 93.4 Å². The summed E-state index contributed by atoms with van der Waals surface area (Å²) in [5, 5.41) is 8.54. The van der Waals surface area contributed by atoms with Gasteiger partial charge in [-0.2, -0.15) is 5.10 Å². The average Bonchev–Trinajstić information content (AvgIpc) is 3.13. The van der Waals surface area contributed by atoms with Gasteiger partial charge in [0.15, 0.2) is 5.65 Å². The number of pyridine rings is 1. The lowest BCUT2D eigenvalue weighted by Crippen LogP contribution is -2.16. The lowest BCUT2D eigenvalue weighted by molar-refractivity contribution is 0.557. The lowest BCUT2D eigenvalue weighted by atomic mass is 9.83. The number of nitrogen functional groups attached to an aromatic ring is 1. The molecule has 3 heterocycles. The third-order valence-electron chi connectivity index (χ3n) is 5.19. The molecule has 1 aliphatic rings. The van der Waals surface area contributed by atoms with Crippen molar-refractivity contribution in [3.8, 4) is 11.3 Å². The van der Waals surface area contributed by atoms with Crippen LogP contribution in [0.1, 0.15) is 29.3 Å². The van der Waals surface area contributed by atoms with E-state index in [0.29, 0.717) is 16.6 Å². The lowest BCUT2D eigenvalue weighted by Gasteiger charge is -2.23. The third kappa shape index (κ3) is 2.82. The number of H-pyrrole nitrogens is 1. The Kier molecular flexibility index (Phi) is 3.79. The van der Waals surface area contributed by atoms with Crippen molar-refractivity contribution in [3.05, 3.63) is 64.7 Å². The maximum atomic E-state index is 6.31. The van der Waals surface area contributed by atoms with Crippen molar-refractivity contribution in [1.29, 1.82) is 0 Å². The van der Waals surface area contributed by atoms with E-state index in [0.717, 1.165) is 41.7 Å². The van der Waals surface area contributed by atoms with E-state index in [4.69, 9.17) is 22.3 Å². The predicted octanol–water partition coefficient (Wildman–Crippen LogP) is 3.92. The summed E-state index contributed by atoms with van der Waals surface area (Å²) in [6.07, 6.45) is 4.66. The van der Waals surface area contributed by atoms with Gasteiger partial charge < -0.3 is 5.73 Å². The highest BCUT2D eigenvalue weighted by Crippen LogP contribution is 2.34. The van der Waals surface area contributed by atoms with E-state index in [2.05, 4.69) is 44.4 Å². The number of hydrogen-bond donors (Lipinski definition) is 2. The van der Waals surface area contributed by atoms with Gasteiger partial charge in [-0.3, -0.25) is 5.10 Å². The van der Waals surface area contributed by atoms with Gasteiger partial charge in [-0.05, 0) is 42.5 Å². The van der Waals surface area contributed by atoms with Gasteiger partial charge in [0.05, 0.1) is 11.1 Å². The largest absolute Gasteiger partial charge is 0.383 e. The normalized spacial score (nSPS) is 16.4. The molecule has 4 aromatic rings. The van der Waals surface area contributed by atoms with Crippen LogP contribution in [0, 0.1) is 0 Å². The van der Waals surface area contributed by atoms with Crippen LogP contribution >= 0.6 is 11.6 Å². The summed E-state index contributed by atoms with van der Waals surface area (Å²) < 4.78 is 0. The molecule has 5 rings (SSSR count). The van der Waals surface area contributed by atoms with E-state index in [9.17, 15) is 0 Å². The Morgan fingerprint density at radius 2 is 1.93 bits per heavy atom. The fourth-order valence-electron chi connectivity index (χ4n) is 3.80. The van der Waals surface area contributed by atoms with Gasteiger partial charge in [-0.1, -0.05) is 35.9 Å². The molecule has 6 nitrogen and oxygen atoms in total. The highest BCUT2D eigenvalue weighted by atomic mass is 35.5. The summed E-state index contributed by atoms with van der Waals surface area (Å²) in [6.45, 7) is 0. The van der Waals surface area contributed by atoms with Crippen molar-refractivity contribution in [2.45, 2.75) is 25.2 Å². The number of nitrogens with one attached hydrogen (secondary N) is 1. The molecule has 1 atom stereocenters. The van der Waals surface area contributed by atoms with Crippen LogP contribution in [0.5, 0.6) is 0 Å². The molecule has 0 bridgehead atoms. The minimum absolute atomic E-state index is 0.254. The van der Waals surface area contributed by atoms with E-state index in [1.807, 2.05) is 6.07 Å². The first-order valence-electron chi connectivity index (χ1n) is 8.89. The van der Waals surface area contributed by atoms with Crippen molar-refractivity contribution in [1.82, 2.24) is 25.1 Å². The molecule has 134 valence electrons. The Labute approximate surface area is 160 Å². The molecule has 0 amide bonds.